The van der Waals surface area contributed by atoms with Gasteiger partial charge in [-0.2, -0.15) is 0 Å². The number of hydrogen-bond donors (Lipinski definition) is 2. The highest BCUT2D eigenvalue weighted by atomic mass is 32.2. The van der Waals surface area contributed by atoms with Crippen molar-refractivity contribution >= 4 is 33.4 Å². The average molecular weight is 380 g/mol. The monoisotopic (exact) mass is 380 g/mol. The first-order chi connectivity index (χ1) is 11.8. The molecule has 0 radical (unpaired) electrons. The van der Waals surface area contributed by atoms with Crippen LogP contribution in [0.15, 0.2) is 52.8 Å². The minimum absolute atomic E-state index is 0.152. The van der Waals surface area contributed by atoms with Crippen LogP contribution in [0.25, 0.3) is 0 Å². The first-order valence-corrected chi connectivity index (χ1v) is 10.0. The van der Waals surface area contributed by atoms with Gasteiger partial charge in [-0.05, 0) is 51.1 Å². The van der Waals surface area contributed by atoms with Crippen molar-refractivity contribution in [2.24, 2.45) is 0 Å². The number of benzene rings is 1. The van der Waals surface area contributed by atoms with E-state index in [1.54, 1.807) is 51.4 Å². The fraction of sp³-hybridized carbons (Fsp3) is 0.312. The van der Waals surface area contributed by atoms with Crippen LogP contribution in [0.1, 0.15) is 20.8 Å². The third kappa shape index (κ3) is 5.80. The lowest BCUT2D eigenvalue weighted by molar-refractivity contribution is -0.115. The van der Waals surface area contributed by atoms with E-state index < -0.39 is 15.3 Å². The highest BCUT2D eigenvalue weighted by molar-refractivity contribution is 8.00. The first-order valence-electron chi connectivity index (χ1n) is 7.65. The zero-order valence-corrected chi connectivity index (χ0v) is 15.8. The SMILES string of the molecule is CC(C)NS(=O)(=O)c1ccc(NC(=O)C(C)Sc2ncccn2)cc1. The zero-order valence-electron chi connectivity index (χ0n) is 14.1. The van der Waals surface area contributed by atoms with Gasteiger partial charge in [0.1, 0.15) is 0 Å². The van der Waals surface area contributed by atoms with E-state index in [1.165, 1.54) is 23.9 Å². The van der Waals surface area contributed by atoms with Crippen molar-refractivity contribution in [2.45, 2.75) is 42.1 Å². The molecule has 2 N–H and O–H groups in total. The molecule has 1 heterocycles. The molecule has 0 bridgehead atoms. The Hall–Kier alpha value is -1.97. The van der Waals surface area contributed by atoms with Crippen LogP contribution in [0.3, 0.4) is 0 Å². The normalized spacial score (nSPS) is 12.8. The van der Waals surface area contributed by atoms with Gasteiger partial charge in [0.15, 0.2) is 5.16 Å². The molecule has 7 nitrogen and oxygen atoms in total. The molecule has 0 saturated heterocycles. The lowest BCUT2D eigenvalue weighted by Crippen LogP contribution is -2.30. The number of sulfonamides is 1. The molecule has 0 spiro atoms. The zero-order chi connectivity index (χ0) is 18.4. The van der Waals surface area contributed by atoms with Gasteiger partial charge in [0.2, 0.25) is 15.9 Å². The molecule has 134 valence electrons. The topological polar surface area (TPSA) is 101 Å². The number of thioether (sulfide) groups is 1. The summed E-state index contributed by atoms with van der Waals surface area (Å²) in [4.78, 5) is 20.5. The van der Waals surface area contributed by atoms with E-state index in [4.69, 9.17) is 0 Å². The van der Waals surface area contributed by atoms with Gasteiger partial charge in [-0.3, -0.25) is 4.79 Å². The van der Waals surface area contributed by atoms with E-state index in [2.05, 4.69) is 20.0 Å². The molecule has 0 saturated carbocycles. The summed E-state index contributed by atoms with van der Waals surface area (Å²) in [6.07, 6.45) is 3.23. The van der Waals surface area contributed by atoms with Gasteiger partial charge in [-0.25, -0.2) is 23.1 Å². The van der Waals surface area contributed by atoms with Crippen molar-refractivity contribution in [1.82, 2.24) is 14.7 Å². The quantitative estimate of drug-likeness (QED) is 0.564. The Morgan fingerprint density at radius 1 is 1.08 bits per heavy atom. The van der Waals surface area contributed by atoms with Crippen molar-refractivity contribution in [1.29, 1.82) is 0 Å². The predicted octanol–water partition coefficient (Wildman–Crippen LogP) is 2.28. The van der Waals surface area contributed by atoms with Gasteiger partial charge in [0, 0.05) is 24.1 Å². The molecule has 9 heteroatoms. The van der Waals surface area contributed by atoms with Gasteiger partial charge in [0.05, 0.1) is 10.1 Å². The number of rotatable bonds is 7. The molecule has 2 aromatic rings. The second-order valence-electron chi connectivity index (χ2n) is 5.58. The maximum Gasteiger partial charge on any atom is 0.240 e. The van der Waals surface area contributed by atoms with Crippen molar-refractivity contribution < 1.29 is 13.2 Å². The Labute approximate surface area is 151 Å². The summed E-state index contributed by atoms with van der Waals surface area (Å²) in [6, 6.07) is 7.55. The summed E-state index contributed by atoms with van der Waals surface area (Å²) in [5, 5.41) is 2.88. The van der Waals surface area contributed by atoms with Gasteiger partial charge >= 0.3 is 0 Å². The lowest BCUT2D eigenvalue weighted by Gasteiger charge is -2.12. The van der Waals surface area contributed by atoms with E-state index in [0.29, 0.717) is 10.8 Å². The Morgan fingerprint density at radius 3 is 2.24 bits per heavy atom. The van der Waals surface area contributed by atoms with Crippen LogP contribution in [0.4, 0.5) is 5.69 Å². The molecule has 0 aliphatic rings. The molecular weight excluding hydrogens is 360 g/mol. The van der Waals surface area contributed by atoms with Crippen molar-refractivity contribution in [3.63, 3.8) is 0 Å². The molecule has 0 aliphatic heterocycles. The second-order valence-corrected chi connectivity index (χ2v) is 8.60. The smallest absolute Gasteiger partial charge is 0.240 e. The van der Waals surface area contributed by atoms with Crippen molar-refractivity contribution in [3.05, 3.63) is 42.7 Å². The van der Waals surface area contributed by atoms with Crippen molar-refractivity contribution in [2.75, 3.05) is 5.32 Å². The summed E-state index contributed by atoms with van der Waals surface area (Å²) in [7, 11) is -3.55. The van der Waals surface area contributed by atoms with Crippen LogP contribution in [-0.4, -0.2) is 35.6 Å². The fourth-order valence-corrected chi connectivity index (χ4v) is 3.87. The molecule has 1 aromatic heterocycles. The van der Waals surface area contributed by atoms with Crippen LogP contribution in [-0.2, 0) is 14.8 Å². The van der Waals surface area contributed by atoms with Crippen LogP contribution in [0.2, 0.25) is 0 Å². The molecule has 2 rings (SSSR count). The second kappa shape index (κ2) is 8.41. The minimum Gasteiger partial charge on any atom is -0.325 e. The highest BCUT2D eigenvalue weighted by Crippen LogP contribution is 2.20. The molecule has 1 atom stereocenters. The Morgan fingerprint density at radius 2 is 1.68 bits per heavy atom. The summed E-state index contributed by atoms with van der Waals surface area (Å²) in [5.74, 6) is -0.214. The van der Waals surface area contributed by atoms with Crippen LogP contribution < -0.4 is 10.0 Å². The number of anilines is 1. The standard InChI is InChI=1S/C16H20N4O3S2/c1-11(2)20-25(22,23)14-7-5-13(6-8-14)19-15(21)12(3)24-16-17-9-4-10-18-16/h4-12,20H,1-3H3,(H,19,21). The van der Waals surface area contributed by atoms with Gasteiger partial charge in [-0.1, -0.05) is 11.8 Å². The Balaban J connectivity index is 1.99. The van der Waals surface area contributed by atoms with E-state index in [1.807, 2.05) is 0 Å². The number of nitrogens with zero attached hydrogens (tertiary/aromatic N) is 2. The minimum atomic E-state index is -3.55. The van der Waals surface area contributed by atoms with E-state index in [-0.39, 0.29) is 16.8 Å². The Bertz CT molecular complexity index is 809. The summed E-state index contributed by atoms with van der Waals surface area (Å²) in [6.45, 7) is 5.26. The number of hydrogen-bond acceptors (Lipinski definition) is 6. The fourth-order valence-electron chi connectivity index (χ4n) is 1.90. The van der Waals surface area contributed by atoms with Crippen LogP contribution in [0.5, 0.6) is 0 Å². The van der Waals surface area contributed by atoms with Crippen molar-refractivity contribution in [3.8, 4) is 0 Å². The average Bonchev–Trinajstić information content (AvgIpc) is 2.55. The number of carbonyl (C=O) groups is 1. The third-order valence-electron chi connectivity index (χ3n) is 3.02. The Kier molecular flexibility index (Phi) is 6.51. The van der Waals surface area contributed by atoms with Crippen LogP contribution >= 0.6 is 11.8 Å². The number of aromatic nitrogens is 2. The highest BCUT2D eigenvalue weighted by Gasteiger charge is 2.17. The summed E-state index contributed by atoms with van der Waals surface area (Å²) < 4.78 is 26.7. The van der Waals surface area contributed by atoms with E-state index >= 15 is 0 Å². The number of amides is 1. The molecular formula is C16H20N4O3S2. The van der Waals surface area contributed by atoms with E-state index in [9.17, 15) is 13.2 Å². The van der Waals surface area contributed by atoms with Gasteiger partial charge in [-0.15, -0.1) is 0 Å². The molecule has 1 amide bonds. The third-order valence-corrected chi connectivity index (χ3v) is 5.68. The van der Waals surface area contributed by atoms with Gasteiger partial charge in [0.25, 0.3) is 0 Å². The number of carbonyl (C=O) groups excluding carboxylic acids is 1. The van der Waals surface area contributed by atoms with Crippen LogP contribution in [0, 0.1) is 0 Å². The lowest BCUT2D eigenvalue weighted by atomic mass is 10.3. The maximum atomic E-state index is 12.2. The molecule has 25 heavy (non-hydrogen) atoms. The van der Waals surface area contributed by atoms with Gasteiger partial charge < -0.3 is 5.32 Å². The summed E-state index contributed by atoms with van der Waals surface area (Å²) in [5.41, 5.74) is 0.523. The largest absolute Gasteiger partial charge is 0.325 e. The molecule has 0 fully saturated rings. The first kappa shape index (κ1) is 19.4. The molecule has 0 aliphatic carbocycles. The number of nitrogens with one attached hydrogen (secondary N) is 2. The maximum absolute atomic E-state index is 12.2. The van der Waals surface area contributed by atoms with E-state index in [0.717, 1.165) is 0 Å². The summed E-state index contributed by atoms with van der Waals surface area (Å²) >= 11 is 1.25. The predicted molar refractivity (Wildman–Crippen MR) is 97.9 cm³/mol. The molecule has 1 aromatic carbocycles. The molecule has 1 unspecified atom stereocenters.